The van der Waals surface area contributed by atoms with Crippen molar-refractivity contribution in [2.45, 2.75) is 328 Å². The molecule has 0 aromatic heterocycles. The molecule has 76 heavy (non-hydrogen) atoms. The average molecular weight is 1100 g/mol. The zero-order valence-electron chi connectivity index (χ0n) is 49.5. The molecular weight excluding hydrogens is 976 g/mol. The van der Waals surface area contributed by atoms with Gasteiger partial charge in [-0.05, 0) is 70.6 Å². The first kappa shape index (κ1) is 73.7. The molecule has 0 saturated carbocycles. The molecule has 2 N–H and O–H groups in total. The van der Waals surface area contributed by atoms with Crippen LogP contribution in [0.4, 0.5) is 0 Å². The number of esters is 3. The molecular formula is C64H119O11P. The molecule has 0 aromatic carbocycles. The first-order chi connectivity index (χ1) is 37.2. The zero-order chi connectivity index (χ0) is 55.5. The third kappa shape index (κ3) is 56.4. The molecule has 0 heterocycles. The van der Waals surface area contributed by atoms with Crippen molar-refractivity contribution in [3.05, 3.63) is 36.5 Å². The van der Waals surface area contributed by atoms with E-state index in [2.05, 4.69) is 57.2 Å². The number of rotatable bonds is 60. The van der Waals surface area contributed by atoms with Crippen molar-refractivity contribution in [2.75, 3.05) is 26.4 Å². The Morgan fingerprint density at radius 2 is 0.671 bits per heavy atom. The van der Waals surface area contributed by atoms with E-state index in [9.17, 15) is 28.9 Å². The molecule has 0 saturated heterocycles. The van der Waals surface area contributed by atoms with Gasteiger partial charge in [0.2, 0.25) is 0 Å². The molecule has 446 valence electrons. The van der Waals surface area contributed by atoms with E-state index < -0.39 is 57.8 Å². The van der Waals surface area contributed by atoms with E-state index in [0.29, 0.717) is 19.3 Å². The van der Waals surface area contributed by atoms with Crippen molar-refractivity contribution in [2.24, 2.45) is 0 Å². The summed E-state index contributed by atoms with van der Waals surface area (Å²) in [7, 11) is -4.75. The molecule has 3 unspecified atom stereocenters. The lowest BCUT2D eigenvalue weighted by Gasteiger charge is -2.21. The van der Waals surface area contributed by atoms with Crippen LogP contribution in [0.15, 0.2) is 36.5 Å². The van der Waals surface area contributed by atoms with Crippen LogP contribution in [0, 0.1) is 0 Å². The highest BCUT2D eigenvalue weighted by molar-refractivity contribution is 7.47. The number of carbonyl (C=O) groups is 3. The minimum Gasteiger partial charge on any atom is -0.462 e. The Kier molecular flexibility index (Phi) is 57.1. The zero-order valence-corrected chi connectivity index (χ0v) is 50.4. The van der Waals surface area contributed by atoms with Gasteiger partial charge in [0.25, 0.3) is 0 Å². The lowest BCUT2D eigenvalue weighted by Crippen LogP contribution is -2.30. The van der Waals surface area contributed by atoms with Crippen molar-refractivity contribution >= 4 is 25.7 Å². The highest BCUT2D eigenvalue weighted by Gasteiger charge is 2.28. The van der Waals surface area contributed by atoms with Crippen LogP contribution in [-0.4, -0.2) is 66.5 Å². The molecule has 0 aliphatic carbocycles. The number of hydrogen-bond acceptors (Lipinski definition) is 10. The highest BCUT2D eigenvalue weighted by Crippen LogP contribution is 2.43. The second-order valence-electron chi connectivity index (χ2n) is 21.6. The molecule has 0 bridgehead atoms. The Labute approximate surface area is 467 Å². The number of phosphoric acid groups is 1. The lowest BCUT2D eigenvalue weighted by atomic mass is 10.0. The van der Waals surface area contributed by atoms with Crippen LogP contribution in [0.3, 0.4) is 0 Å². The summed E-state index contributed by atoms with van der Waals surface area (Å²) in [6.07, 6.45) is 62.4. The number of aliphatic hydroxyl groups excluding tert-OH is 1. The molecule has 3 atom stereocenters. The van der Waals surface area contributed by atoms with E-state index in [0.717, 1.165) is 83.5 Å². The molecule has 0 aliphatic rings. The SMILES string of the molecule is CCC/C=C\C/C=C\CCCCCCCC(=O)OC(CO)COP(=O)(O)OCC(COC(=O)CCCCCCCCCCC/C=C\CCCCCCCC)OC(=O)CCCCCCCCCCCCCCCCCCC. The van der Waals surface area contributed by atoms with Gasteiger partial charge < -0.3 is 24.2 Å². The summed E-state index contributed by atoms with van der Waals surface area (Å²) in [6, 6.07) is 0. The minimum absolute atomic E-state index is 0.164. The largest absolute Gasteiger partial charge is 0.472 e. The van der Waals surface area contributed by atoms with Crippen molar-refractivity contribution in [3.8, 4) is 0 Å². The Balaban J connectivity index is 4.67. The Morgan fingerprint density at radius 1 is 0.368 bits per heavy atom. The number of allylic oxidation sites excluding steroid dienone is 6. The number of carbonyl (C=O) groups excluding carboxylic acids is 3. The maximum absolute atomic E-state index is 12.9. The minimum atomic E-state index is -4.75. The highest BCUT2D eigenvalue weighted by atomic mass is 31.2. The average Bonchev–Trinajstić information content (AvgIpc) is 3.41. The molecule has 0 radical (unpaired) electrons. The molecule has 0 aliphatic heterocycles. The number of phosphoric ester groups is 1. The normalized spacial score (nSPS) is 13.5. The van der Waals surface area contributed by atoms with Crippen molar-refractivity contribution in [1.82, 2.24) is 0 Å². The van der Waals surface area contributed by atoms with Crippen LogP contribution in [0.25, 0.3) is 0 Å². The molecule has 0 amide bonds. The van der Waals surface area contributed by atoms with Gasteiger partial charge in [0, 0.05) is 19.3 Å². The van der Waals surface area contributed by atoms with E-state index in [1.54, 1.807) is 0 Å². The Bertz CT molecular complexity index is 1420. The van der Waals surface area contributed by atoms with Gasteiger partial charge in [0.05, 0.1) is 19.8 Å². The van der Waals surface area contributed by atoms with Crippen LogP contribution in [-0.2, 0) is 42.2 Å². The summed E-state index contributed by atoms with van der Waals surface area (Å²) in [4.78, 5) is 48.7. The fourth-order valence-corrected chi connectivity index (χ4v) is 9.94. The molecule has 0 rings (SSSR count). The summed E-state index contributed by atoms with van der Waals surface area (Å²) in [5.74, 6) is -1.46. The van der Waals surface area contributed by atoms with E-state index >= 15 is 0 Å². The van der Waals surface area contributed by atoms with Crippen molar-refractivity contribution in [3.63, 3.8) is 0 Å². The predicted octanol–water partition coefficient (Wildman–Crippen LogP) is 19.2. The van der Waals surface area contributed by atoms with Gasteiger partial charge in [-0.1, -0.05) is 263 Å². The second-order valence-corrected chi connectivity index (χ2v) is 23.0. The summed E-state index contributed by atoms with van der Waals surface area (Å²) in [6.45, 7) is 4.62. The molecule has 12 heteroatoms. The quantitative estimate of drug-likeness (QED) is 0.0197. The van der Waals surface area contributed by atoms with Gasteiger partial charge in [0.15, 0.2) is 6.10 Å². The smallest absolute Gasteiger partial charge is 0.462 e. The van der Waals surface area contributed by atoms with Crippen molar-refractivity contribution in [1.29, 1.82) is 0 Å². The fraction of sp³-hybridized carbons (Fsp3) is 0.859. The monoisotopic (exact) mass is 1090 g/mol. The van der Waals surface area contributed by atoms with Gasteiger partial charge in [-0.3, -0.25) is 23.4 Å². The summed E-state index contributed by atoms with van der Waals surface area (Å²) < 4.78 is 39.6. The van der Waals surface area contributed by atoms with Crippen LogP contribution in [0.2, 0.25) is 0 Å². The van der Waals surface area contributed by atoms with E-state index in [-0.39, 0.29) is 25.9 Å². The van der Waals surface area contributed by atoms with E-state index in [4.69, 9.17) is 23.3 Å². The second kappa shape index (κ2) is 58.8. The molecule has 0 spiro atoms. The van der Waals surface area contributed by atoms with Crippen LogP contribution < -0.4 is 0 Å². The first-order valence-electron chi connectivity index (χ1n) is 31.9. The van der Waals surface area contributed by atoms with Crippen LogP contribution in [0.1, 0.15) is 316 Å². The maximum atomic E-state index is 12.9. The number of hydrogen-bond donors (Lipinski definition) is 2. The lowest BCUT2D eigenvalue weighted by molar-refractivity contribution is -0.161. The summed E-state index contributed by atoms with van der Waals surface area (Å²) in [5, 5.41) is 9.83. The molecule has 0 aromatic rings. The van der Waals surface area contributed by atoms with Gasteiger partial charge in [-0.15, -0.1) is 0 Å². The fourth-order valence-electron chi connectivity index (χ4n) is 9.16. The predicted molar refractivity (Wildman–Crippen MR) is 316 cm³/mol. The Morgan fingerprint density at radius 3 is 1.04 bits per heavy atom. The molecule has 0 fully saturated rings. The summed E-state index contributed by atoms with van der Waals surface area (Å²) >= 11 is 0. The number of unbranched alkanes of at least 4 members (excludes halogenated alkanes) is 37. The van der Waals surface area contributed by atoms with Gasteiger partial charge in [-0.25, -0.2) is 4.57 Å². The van der Waals surface area contributed by atoms with Crippen LogP contribution in [0.5, 0.6) is 0 Å². The van der Waals surface area contributed by atoms with Crippen LogP contribution >= 0.6 is 7.82 Å². The van der Waals surface area contributed by atoms with Gasteiger partial charge >= 0.3 is 25.7 Å². The molecule has 11 nitrogen and oxygen atoms in total. The maximum Gasteiger partial charge on any atom is 0.472 e. The standard InChI is InChI=1S/C64H119O11P/c1-4-7-10-13-16-19-22-25-27-29-30-32-33-36-38-41-44-47-50-53-62(66)71-57-61(75-64(68)55-52-49-46-43-40-37-34-31-28-26-23-20-17-14-11-8-5-2)59-73-76(69,70)72-58-60(56-65)74-63(67)54-51-48-45-42-39-35-24-21-18-15-12-9-6-3/h12,15,21,24-25,27,60-61,65H,4-11,13-14,16-20,22-23,26,28-59H2,1-3H3,(H,69,70)/b15-12-,24-21-,27-25-. The van der Waals surface area contributed by atoms with Gasteiger partial charge in [0.1, 0.15) is 12.7 Å². The van der Waals surface area contributed by atoms with E-state index in [1.165, 1.54) is 173 Å². The number of aliphatic hydroxyl groups is 1. The first-order valence-corrected chi connectivity index (χ1v) is 33.4. The van der Waals surface area contributed by atoms with Crippen molar-refractivity contribution < 1.29 is 52.2 Å². The number of ether oxygens (including phenoxy) is 3. The Hall–Kier alpha value is -2.30. The topological polar surface area (TPSA) is 155 Å². The summed E-state index contributed by atoms with van der Waals surface area (Å²) in [5.41, 5.74) is 0. The third-order valence-corrected chi connectivity index (χ3v) is 15.0. The van der Waals surface area contributed by atoms with Gasteiger partial charge in [-0.2, -0.15) is 0 Å². The third-order valence-electron chi connectivity index (χ3n) is 14.0. The van der Waals surface area contributed by atoms with E-state index in [1.807, 2.05) is 0 Å².